The Hall–Kier alpha value is -4.07. The van der Waals surface area contributed by atoms with Gasteiger partial charge in [0.1, 0.15) is 5.92 Å². The number of amides is 5. The summed E-state index contributed by atoms with van der Waals surface area (Å²) in [6.45, 7) is 5.54. The van der Waals surface area contributed by atoms with Crippen LogP contribution < -0.4 is 15.2 Å². The van der Waals surface area contributed by atoms with Gasteiger partial charge >= 0.3 is 6.03 Å². The van der Waals surface area contributed by atoms with Crippen LogP contribution >= 0.6 is 0 Å². The molecule has 2 heterocycles. The van der Waals surface area contributed by atoms with Crippen LogP contribution in [0, 0.1) is 37.5 Å². The second-order valence-electron chi connectivity index (χ2n) is 12.9. The standard InChI is InChI=1S/C33H34N4O4/c1-18-4-9-28(19(2)10-18)37-31(40)26(20(3)35-37)14-27-29(38)34-32(41)36(30(27)39)25-7-5-24(6-8-25)33-15-21-11-22(16-33)13-23(12-21)17-33/h4-10,14,21-23,27H,11-13,15-17H2,1-3H3,(H,34,38,41)/b26-14-. The van der Waals surface area contributed by atoms with Gasteiger partial charge in [0.25, 0.3) is 11.8 Å². The van der Waals surface area contributed by atoms with Gasteiger partial charge in [-0.05, 0) is 118 Å². The summed E-state index contributed by atoms with van der Waals surface area (Å²) in [4.78, 5) is 53.8. The molecule has 1 atom stereocenters. The number of imide groups is 2. The molecule has 1 unspecified atom stereocenters. The summed E-state index contributed by atoms with van der Waals surface area (Å²) >= 11 is 0. The number of nitrogens with one attached hydrogen (secondary N) is 1. The van der Waals surface area contributed by atoms with E-state index < -0.39 is 29.7 Å². The predicted octanol–water partition coefficient (Wildman–Crippen LogP) is 5.32. The van der Waals surface area contributed by atoms with Gasteiger partial charge in [0.15, 0.2) is 0 Å². The maximum atomic E-state index is 13.6. The fraction of sp³-hybridized carbons (Fsp3) is 0.424. The fourth-order valence-corrected chi connectivity index (χ4v) is 8.49. The lowest BCUT2D eigenvalue weighted by atomic mass is 9.48. The number of anilines is 2. The lowest BCUT2D eigenvalue weighted by molar-refractivity contribution is -0.132. The Morgan fingerprint density at radius 2 is 1.51 bits per heavy atom. The van der Waals surface area contributed by atoms with Crippen molar-refractivity contribution >= 4 is 40.8 Å². The lowest BCUT2D eigenvalue weighted by Gasteiger charge is -2.57. The second kappa shape index (κ2) is 9.23. The van der Waals surface area contributed by atoms with Gasteiger partial charge in [-0.3, -0.25) is 19.7 Å². The van der Waals surface area contributed by atoms with Crippen LogP contribution in [0.3, 0.4) is 0 Å². The van der Waals surface area contributed by atoms with Crippen LogP contribution in [-0.2, 0) is 19.8 Å². The van der Waals surface area contributed by atoms with Crippen molar-refractivity contribution in [3.05, 3.63) is 70.8 Å². The first-order valence-corrected chi connectivity index (χ1v) is 14.6. The average Bonchev–Trinajstić information content (AvgIpc) is 3.18. The van der Waals surface area contributed by atoms with E-state index in [0.29, 0.717) is 17.1 Å². The summed E-state index contributed by atoms with van der Waals surface area (Å²) in [7, 11) is 0. The minimum atomic E-state index is -1.33. The number of hydrogen-bond donors (Lipinski definition) is 1. The SMILES string of the molecule is CC1=NN(c2ccc(C)cc2C)C(=O)/C1=C\C1C(=O)NC(=O)N(c2ccc(C34CC5CC(CC(C5)C3)C4)cc2)C1=O. The van der Waals surface area contributed by atoms with Crippen LogP contribution in [0.4, 0.5) is 16.2 Å². The summed E-state index contributed by atoms with van der Waals surface area (Å²) in [5.74, 6) is -0.750. The lowest BCUT2D eigenvalue weighted by Crippen LogP contribution is -2.58. The zero-order valence-corrected chi connectivity index (χ0v) is 23.6. The smallest absolute Gasteiger partial charge is 0.276 e. The Bertz CT molecular complexity index is 1530. The third kappa shape index (κ3) is 4.14. The summed E-state index contributed by atoms with van der Waals surface area (Å²) in [5, 5.41) is 8.03. The first-order chi connectivity index (χ1) is 19.6. The minimum absolute atomic E-state index is 0.171. The van der Waals surface area contributed by atoms with Crippen molar-refractivity contribution in [2.75, 3.05) is 9.91 Å². The molecule has 2 aromatic rings. The first-order valence-electron chi connectivity index (χ1n) is 14.6. The van der Waals surface area contributed by atoms with E-state index in [1.165, 1.54) is 55.2 Å². The summed E-state index contributed by atoms with van der Waals surface area (Å²) in [6, 6.07) is 12.7. The van der Waals surface area contributed by atoms with Gasteiger partial charge in [0.2, 0.25) is 5.91 Å². The molecule has 8 heteroatoms. The monoisotopic (exact) mass is 550 g/mol. The molecule has 4 saturated carbocycles. The molecule has 2 aromatic carbocycles. The number of hydrazone groups is 1. The molecular weight excluding hydrogens is 516 g/mol. The molecule has 41 heavy (non-hydrogen) atoms. The maximum Gasteiger partial charge on any atom is 0.335 e. The summed E-state index contributed by atoms with van der Waals surface area (Å²) < 4.78 is 0. The van der Waals surface area contributed by atoms with Crippen molar-refractivity contribution in [1.29, 1.82) is 0 Å². The Kier molecular flexibility index (Phi) is 5.82. The van der Waals surface area contributed by atoms with Crippen molar-refractivity contribution in [2.24, 2.45) is 28.8 Å². The molecule has 6 aliphatic rings. The highest BCUT2D eigenvalue weighted by molar-refractivity contribution is 6.32. The third-order valence-corrected chi connectivity index (χ3v) is 9.95. The van der Waals surface area contributed by atoms with E-state index in [1.54, 1.807) is 6.92 Å². The molecule has 1 N–H and O–H groups in total. The highest BCUT2D eigenvalue weighted by Crippen LogP contribution is 2.60. The normalized spacial score (nSPS) is 31.8. The zero-order valence-electron chi connectivity index (χ0n) is 23.6. The second-order valence-corrected chi connectivity index (χ2v) is 12.9. The number of hydrogen-bond acceptors (Lipinski definition) is 5. The molecule has 8 rings (SSSR count). The summed E-state index contributed by atoms with van der Waals surface area (Å²) in [5.41, 5.74) is 5.06. The number of carbonyl (C=O) groups is 4. The predicted molar refractivity (Wildman–Crippen MR) is 155 cm³/mol. The van der Waals surface area contributed by atoms with E-state index in [4.69, 9.17) is 0 Å². The van der Waals surface area contributed by atoms with Crippen molar-refractivity contribution < 1.29 is 19.2 Å². The molecule has 1 saturated heterocycles. The van der Waals surface area contributed by atoms with E-state index >= 15 is 0 Å². The van der Waals surface area contributed by atoms with E-state index in [0.717, 1.165) is 33.8 Å². The van der Waals surface area contributed by atoms with Crippen LogP contribution in [0.2, 0.25) is 0 Å². The first kappa shape index (κ1) is 25.9. The number of benzene rings is 2. The van der Waals surface area contributed by atoms with E-state index in [-0.39, 0.29) is 11.0 Å². The number of barbiturate groups is 1. The molecule has 8 nitrogen and oxygen atoms in total. The molecule has 5 fully saturated rings. The van der Waals surface area contributed by atoms with Gasteiger partial charge in [0.05, 0.1) is 22.7 Å². The number of rotatable bonds is 4. The third-order valence-electron chi connectivity index (χ3n) is 9.95. The van der Waals surface area contributed by atoms with Crippen LogP contribution in [0.5, 0.6) is 0 Å². The zero-order chi connectivity index (χ0) is 28.6. The van der Waals surface area contributed by atoms with Crippen molar-refractivity contribution in [1.82, 2.24) is 5.32 Å². The van der Waals surface area contributed by atoms with Crippen molar-refractivity contribution in [3.63, 3.8) is 0 Å². The number of urea groups is 1. The minimum Gasteiger partial charge on any atom is -0.276 e. The number of carbonyl (C=O) groups excluding carboxylic acids is 4. The molecule has 5 amide bonds. The Labute approximate surface area is 239 Å². The topological polar surface area (TPSA) is 99.2 Å². The summed E-state index contributed by atoms with van der Waals surface area (Å²) in [6.07, 6.45) is 9.09. The largest absolute Gasteiger partial charge is 0.335 e. The van der Waals surface area contributed by atoms with Gasteiger partial charge in [0, 0.05) is 0 Å². The fourth-order valence-electron chi connectivity index (χ4n) is 8.49. The van der Waals surface area contributed by atoms with Crippen molar-refractivity contribution in [2.45, 2.75) is 64.7 Å². The Balaban J connectivity index is 1.15. The Morgan fingerprint density at radius 3 is 2.12 bits per heavy atom. The molecule has 0 spiro atoms. The number of nitrogens with zero attached hydrogens (tertiary/aromatic N) is 3. The molecule has 4 aliphatic carbocycles. The number of aryl methyl sites for hydroxylation is 2. The molecule has 0 radical (unpaired) electrons. The van der Waals surface area contributed by atoms with Crippen molar-refractivity contribution in [3.8, 4) is 0 Å². The quantitative estimate of drug-likeness (QED) is 0.412. The highest BCUT2D eigenvalue weighted by atomic mass is 16.2. The molecule has 0 aromatic heterocycles. The molecular formula is C33H34N4O4. The average molecular weight is 551 g/mol. The van der Waals surface area contributed by atoms with Gasteiger partial charge in [-0.1, -0.05) is 29.8 Å². The van der Waals surface area contributed by atoms with Gasteiger partial charge in [-0.2, -0.15) is 10.1 Å². The van der Waals surface area contributed by atoms with Gasteiger partial charge < -0.3 is 0 Å². The van der Waals surface area contributed by atoms with Gasteiger partial charge in [-0.15, -0.1) is 0 Å². The van der Waals surface area contributed by atoms with Crippen LogP contribution in [-0.4, -0.2) is 29.5 Å². The Morgan fingerprint density at radius 1 is 0.878 bits per heavy atom. The van der Waals surface area contributed by atoms with Gasteiger partial charge in [-0.25, -0.2) is 9.69 Å². The maximum absolute atomic E-state index is 13.6. The van der Waals surface area contributed by atoms with Crippen LogP contribution in [0.15, 0.2) is 59.2 Å². The molecule has 2 aliphatic heterocycles. The molecule has 4 bridgehead atoms. The highest BCUT2D eigenvalue weighted by Gasteiger charge is 2.51. The molecule has 210 valence electrons. The van der Waals surface area contributed by atoms with E-state index in [2.05, 4.69) is 22.6 Å². The van der Waals surface area contributed by atoms with Crippen LogP contribution in [0.25, 0.3) is 0 Å². The van der Waals surface area contributed by atoms with Crippen LogP contribution in [0.1, 0.15) is 62.1 Å². The van der Waals surface area contributed by atoms with E-state index in [1.807, 2.05) is 44.2 Å². The van der Waals surface area contributed by atoms with E-state index in [9.17, 15) is 19.2 Å².